The number of fused-ring (bicyclic) bond motifs is 1. The average molecular weight is 248 g/mol. The van der Waals surface area contributed by atoms with Crippen LogP contribution in [-0.4, -0.2) is 0 Å². The van der Waals surface area contributed by atoms with Gasteiger partial charge in [0.15, 0.2) is 0 Å². The van der Waals surface area contributed by atoms with Crippen molar-refractivity contribution in [3.05, 3.63) is 70.8 Å². The molecule has 0 aliphatic heterocycles. The fraction of sp³-hybridized carbons (Fsp3) is 0.263. The number of benzene rings is 2. The minimum absolute atomic E-state index is 1.09. The van der Waals surface area contributed by atoms with E-state index >= 15 is 0 Å². The van der Waals surface area contributed by atoms with E-state index in [0.717, 1.165) is 6.42 Å². The van der Waals surface area contributed by atoms with Gasteiger partial charge in [0, 0.05) is 0 Å². The molecule has 0 saturated carbocycles. The molecule has 0 nitrogen and oxygen atoms in total. The smallest absolute Gasteiger partial charge is 0.00107 e. The summed E-state index contributed by atoms with van der Waals surface area (Å²) in [7, 11) is 0. The highest BCUT2D eigenvalue weighted by molar-refractivity contribution is 5.97. The molecule has 1 aliphatic rings. The minimum Gasteiger partial charge on any atom is -0.0651 e. The summed E-state index contributed by atoms with van der Waals surface area (Å²) in [6.07, 6.45) is 3.48. The van der Waals surface area contributed by atoms with Crippen molar-refractivity contribution in [1.29, 1.82) is 0 Å². The van der Waals surface area contributed by atoms with Gasteiger partial charge in [0.1, 0.15) is 0 Å². The van der Waals surface area contributed by atoms with Gasteiger partial charge < -0.3 is 0 Å². The molecule has 0 N–H and O–H groups in total. The Labute approximate surface area is 115 Å². The average Bonchev–Trinajstić information content (AvgIpc) is 2.81. The van der Waals surface area contributed by atoms with Crippen LogP contribution in [0.5, 0.6) is 0 Å². The zero-order chi connectivity index (χ0) is 13.2. The summed E-state index contributed by atoms with van der Waals surface area (Å²) < 4.78 is 0. The van der Waals surface area contributed by atoms with E-state index in [0.29, 0.717) is 0 Å². The third-order valence-electron chi connectivity index (χ3n) is 4.01. The molecule has 0 radical (unpaired) electrons. The molecule has 3 rings (SSSR count). The predicted octanol–water partition coefficient (Wildman–Crippen LogP) is 5.26. The maximum absolute atomic E-state index is 2.29. The summed E-state index contributed by atoms with van der Waals surface area (Å²) in [5.74, 6) is 0. The van der Waals surface area contributed by atoms with Crippen molar-refractivity contribution in [2.75, 3.05) is 0 Å². The number of hydrogen-bond acceptors (Lipinski definition) is 0. The van der Waals surface area contributed by atoms with Crippen molar-refractivity contribution in [2.24, 2.45) is 0 Å². The van der Waals surface area contributed by atoms with Gasteiger partial charge in [-0.2, -0.15) is 0 Å². The molecule has 0 saturated heterocycles. The molecule has 0 atom stereocenters. The molecule has 0 bridgehead atoms. The van der Waals surface area contributed by atoms with E-state index in [-0.39, 0.29) is 0 Å². The van der Waals surface area contributed by atoms with Gasteiger partial charge >= 0.3 is 0 Å². The zero-order valence-electron chi connectivity index (χ0n) is 11.7. The van der Waals surface area contributed by atoms with Crippen LogP contribution in [-0.2, 0) is 6.42 Å². The molecule has 0 spiro atoms. The van der Waals surface area contributed by atoms with Crippen molar-refractivity contribution in [3.8, 4) is 0 Å². The number of hydrogen-bond donors (Lipinski definition) is 0. The minimum atomic E-state index is 1.09. The van der Waals surface area contributed by atoms with E-state index in [1.54, 1.807) is 5.57 Å². The Balaban J connectivity index is 2.16. The summed E-state index contributed by atoms with van der Waals surface area (Å²) >= 11 is 0. The third-order valence-corrected chi connectivity index (χ3v) is 4.01. The van der Waals surface area contributed by atoms with E-state index in [2.05, 4.69) is 62.4 Å². The highest BCUT2D eigenvalue weighted by Crippen LogP contribution is 2.42. The molecule has 2 aromatic carbocycles. The number of allylic oxidation sites excluding steroid dienone is 2. The summed E-state index contributed by atoms with van der Waals surface area (Å²) in [5.41, 5.74) is 8.94. The Morgan fingerprint density at radius 1 is 0.947 bits per heavy atom. The second-order valence-corrected chi connectivity index (χ2v) is 5.36. The standard InChI is InChI=1S/C19H20/c1-3-8-17-18(15-10-5-4-6-11-15)13-16-12-7-9-14(2)19(16)17/h4-7,9-12H,3,8,13H2,1-2H3. The molecule has 0 heterocycles. The maximum Gasteiger partial charge on any atom is -0.00107 e. The quantitative estimate of drug-likeness (QED) is 0.695. The summed E-state index contributed by atoms with van der Waals surface area (Å²) in [6.45, 7) is 4.51. The van der Waals surface area contributed by atoms with Gasteiger partial charge in [-0.1, -0.05) is 61.9 Å². The van der Waals surface area contributed by atoms with Crippen LogP contribution in [0.15, 0.2) is 48.5 Å². The molecule has 0 unspecified atom stereocenters. The topological polar surface area (TPSA) is 0 Å². The van der Waals surface area contributed by atoms with Gasteiger partial charge in [-0.25, -0.2) is 0 Å². The van der Waals surface area contributed by atoms with Gasteiger partial charge in [0.25, 0.3) is 0 Å². The van der Waals surface area contributed by atoms with E-state index in [4.69, 9.17) is 0 Å². The monoisotopic (exact) mass is 248 g/mol. The lowest BCUT2D eigenvalue weighted by atomic mass is 9.95. The van der Waals surface area contributed by atoms with Crippen molar-refractivity contribution >= 4 is 11.1 Å². The predicted molar refractivity (Wildman–Crippen MR) is 83.0 cm³/mol. The molecule has 2 aromatic rings. The molecular weight excluding hydrogens is 228 g/mol. The van der Waals surface area contributed by atoms with Crippen molar-refractivity contribution in [3.63, 3.8) is 0 Å². The molecule has 0 heteroatoms. The Morgan fingerprint density at radius 2 is 1.74 bits per heavy atom. The molecular formula is C19H20. The first-order valence-electron chi connectivity index (χ1n) is 7.17. The third kappa shape index (κ3) is 2.12. The van der Waals surface area contributed by atoms with Crippen LogP contribution in [0.3, 0.4) is 0 Å². The van der Waals surface area contributed by atoms with Crippen LogP contribution in [0.2, 0.25) is 0 Å². The van der Waals surface area contributed by atoms with Crippen LogP contribution in [0, 0.1) is 6.92 Å². The van der Waals surface area contributed by atoms with Gasteiger partial charge in [0.05, 0.1) is 0 Å². The first-order chi connectivity index (χ1) is 9.31. The van der Waals surface area contributed by atoms with Crippen molar-refractivity contribution in [2.45, 2.75) is 33.1 Å². The van der Waals surface area contributed by atoms with Gasteiger partial charge in [-0.05, 0) is 53.2 Å². The summed E-state index contributed by atoms with van der Waals surface area (Å²) in [5, 5.41) is 0. The Morgan fingerprint density at radius 3 is 2.47 bits per heavy atom. The summed E-state index contributed by atoms with van der Waals surface area (Å²) in [6, 6.07) is 17.6. The molecule has 19 heavy (non-hydrogen) atoms. The Kier molecular flexibility index (Phi) is 3.25. The fourth-order valence-electron chi connectivity index (χ4n) is 3.20. The SMILES string of the molecule is CCCC1=C(c2ccccc2)Cc2cccc(C)c21. The van der Waals surface area contributed by atoms with Crippen LogP contribution in [0.1, 0.15) is 42.0 Å². The van der Waals surface area contributed by atoms with E-state index in [9.17, 15) is 0 Å². The zero-order valence-corrected chi connectivity index (χ0v) is 11.7. The Hall–Kier alpha value is -1.82. The van der Waals surface area contributed by atoms with Crippen molar-refractivity contribution < 1.29 is 0 Å². The van der Waals surface area contributed by atoms with E-state index < -0.39 is 0 Å². The number of aryl methyl sites for hydroxylation is 1. The van der Waals surface area contributed by atoms with Gasteiger partial charge in [-0.3, -0.25) is 0 Å². The first kappa shape index (κ1) is 12.2. The lowest BCUT2D eigenvalue weighted by molar-refractivity contribution is 0.975. The molecule has 0 amide bonds. The van der Waals surface area contributed by atoms with Crippen LogP contribution < -0.4 is 0 Å². The highest BCUT2D eigenvalue weighted by atomic mass is 14.3. The van der Waals surface area contributed by atoms with Gasteiger partial charge in [0.2, 0.25) is 0 Å². The van der Waals surface area contributed by atoms with Crippen LogP contribution >= 0.6 is 0 Å². The molecule has 1 aliphatic carbocycles. The van der Waals surface area contributed by atoms with Crippen LogP contribution in [0.4, 0.5) is 0 Å². The lowest BCUT2D eigenvalue weighted by Gasteiger charge is -2.10. The van der Waals surface area contributed by atoms with E-state index in [1.165, 1.54) is 40.7 Å². The molecule has 96 valence electrons. The first-order valence-corrected chi connectivity index (χ1v) is 7.17. The molecule has 0 fully saturated rings. The lowest BCUT2D eigenvalue weighted by Crippen LogP contribution is -1.89. The molecule has 0 aromatic heterocycles. The van der Waals surface area contributed by atoms with Gasteiger partial charge in [-0.15, -0.1) is 0 Å². The van der Waals surface area contributed by atoms with Crippen molar-refractivity contribution in [1.82, 2.24) is 0 Å². The van der Waals surface area contributed by atoms with E-state index in [1.807, 2.05) is 0 Å². The second-order valence-electron chi connectivity index (χ2n) is 5.36. The normalized spacial score (nSPS) is 13.8. The Bertz CT molecular complexity index is 618. The largest absolute Gasteiger partial charge is 0.0651 e. The van der Waals surface area contributed by atoms with Crippen LogP contribution in [0.25, 0.3) is 11.1 Å². The second kappa shape index (κ2) is 5.05. The maximum atomic E-state index is 2.29. The fourth-order valence-corrected chi connectivity index (χ4v) is 3.20. The number of rotatable bonds is 3. The summed E-state index contributed by atoms with van der Waals surface area (Å²) in [4.78, 5) is 0. The highest BCUT2D eigenvalue weighted by Gasteiger charge is 2.22.